The van der Waals surface area contributed by atoms with Crippen LogP contribution in [0, 0.1) is 13.8 Å². The molecule has 2 amide bonds. The smallest absolute Gasteiger partial charge is 0.251 e. The van der Waals surface area contributed by atoms with Crippen molar-refractivity contribution < 1.29 is 9.59 Å². The van der Waals surface area contributed by atoms with E-state index in [1.165, 1.54) is 0 Å². The zero-order valence-corrected chi connectivity index (χ0v) is 15.0. The van der Waals surface area contributed by atoms with Gasteiger partial charge in [0.2, 0.25) is 5.91 Å². The first kappa shape index (κ1) is 18.5. The van der Waals surface area contributed by atoms with Crippen LogP contribution in [0.25, 0.3) is 0 Å². The Hall–Kier alpha value is -2.82. The van der Waals surface area contributed by atoms with E-state index in [4.69, 9.17) is 0 Å². The van der Waals surface area contributed by atoms with Crippen LogP contribution in [0.2, 0.25) is 0 Å². The van der Waals surface area contributed by atoms with Crippen molar-refractivity contribution >= 4 is 23.2 Å². The Bertz CT molecular complexity index is 756. The van der Waals surface area contributed by atoms with Gasteiger partial charge in [-0.1, -0.05) is 30.7 Å². The Morgan fingerprint density at radius 3 is 2.56 bits per heavy atom. The molecule has 5 nitrogen and oxygen atoms in total. The van der Waals surface area contributed by atoms with Crippen LogP contribution in [0.5, 0.6) is 0 Å². The minimum Gasteiger partial charge on any atom is -0.376 e. The van der Waals surface area contributed by atoms with Crippen molar-refractivity contribution in [1.29, 1.82) is 0 Å². The van der Waals surface area contributed by atoms with Gasteiger partial charge in [-0.3, -0.25) is 9.59 Å². The molecule has 0 aromatic heterocycles. The predicted octanol–water partition coefficient (Wildman–Crippen LogP) is 3.49. The molecule has 2 aromatic rings. The Morgan fingerprint density at radius 1 is 1.04 bits per heavy atom. The number of anilines is 2. The molecule has 3 N–H and O–H groups in total. The molecular formula is C20H25N3O2. The van der Waals surface area contributed by atoms with E-state index in [-0.39, 0.29) is 18.4 Å². The first-order valence-electron chi connectivity index (χ1n) is 8.49. The maximum absolute atomic E-state index is 12.1. The highest BCUT2D eigenvalue weighted by Crippen LogP contribution is 2.16. The summed E-state index contributed by atoms with van der Waals surface area (Å²) < 4.78 is 0. The molecule has 0 radical (unpaired) electrons. The summed E-state index contributed by atoms with van der Waals surface area (Å²) in [6.45, 7) is 6.77. The maximum Gasteiger partial charge on any atom is 0.251 e. The van der Waals surface area contributed by atoms with Gasteiger partial charge in [-0.2, -0.15) is 0 Å². The van der Waals surface area contributed by atoms with E-state index < -0.39 is 0 Å². The SMILES string of the molecule is CCCNC(=O)c1cccc(NCC(=O)Nc2ccc(C)cc2C)c1. The van der Waals surface area contributed by atoms with E-state index in [1.807, 2.05) is 45.0 Å². The molecule has 0 heterocycles. The maximum atomic E-state index is 12.1. The Balaban J connectivity index is 1.92. The molecule has 2 rings (SSSR count). The van der Waals surface area contributed by atoms with Gasteiger partial charge < -0.3 is 16.0 Å². The van der Waals surface area contributed by atoms with Gasteiger partial charge in [0.1, 0.15) is 0 Å². The van der Waals surface area contributed by atoms with Crippen LogP contribution < -0.4 is 16.0 Å². The lowest BCUT2D eigenvalue weighted by molar-refractivity contribution is -0.114. The molecule has 0 aliphatic heterocycles. The highest BCUT2D eigenvalue weighted by atomic mass is 16.2. The van der Waals surface area contributed by atoms with Gasteiger partial charge in [0.25, 0.3) is 5.91 Å². The zero-order valence-electron chi connectivity index (χ0n) is 15.0. The van der Waals surface area contributed by atoms with Crippen molar-refractivity contribution in [3.8, 4) is 0 Å². The van der Waals surface area contributed by atoms with Crippen LogP contribution in [0.15, 0.2) is 42.5 Å². The third kappa shape index (κ3) is 5.64. The molecule has 0 spiro atoms. The minimum atomic E-state index is -0.132. The van der Waals surface area contributed by atoms with E-state index in [0.29, 0.717) is 12.1 Å². The summed E-state index contributed by atoms with van der Waals surface area (Å²) >= 11 is 0. The van der Waals surface area contributed by atoms with Gasteiger partial charge in [-0.25, -0.2) is 0 Å². The van der Waals surface area contributed by atoms with Gasteiger partial charge in [-0.15, -0.1) is 0 Å². The largest absolute Gasteiger partial charge is 0.376 e. The molecule has 0 unspecified atom stereocenters. The molecule has 0 saturated heterocycles. The fourth-order valence-electron chi connectivity index (χ4n) is 2.44. The molecule has 2 aromatic carbocycles. The molecule has 0 saturated carbocycles. The summed E-state index contributed by atoms with van der Waals surface area (Å²) in [7, 11) is 0. The molecule has 132 valence electrons. The number of amides is 2. The van der Waals surface area contributed by atoms with Crippen molar-refractivity contribution in [2.75, 3.05) is 23.7 Å². The Labute approximate surface area is 148 Å². The van der Waals surface area contributed by atoms with Crippen molar-refractivity contribution in [1.82, 2.24) is 5.32 Å². The van der Waals surface area contributed by atoms with E-state index in [9.17, 15) is 9.59 Å². The van der Waals surface area contributed by atoms with Crippen LogP contribution in [0.4, 0.5) is 11.4 Å². The third-order valence-corrected chi connectivity index (χ3v) is 3.77. The summed E-state index contributed by atoms with van der Waals surface area (Å²) in [5, 5.41) is 8.79. The zero-order chi connectivity index (χ0) is 18.2. The molecule has 5 heteroatoms. The lowest BCUT2D eigenvalue weighted by Gasteiger charge is -2.11. The summed E-state index contributed by atoms with van der Waals surface area (Å²) in [5.41, 5.74) is 4.31. The van der Waals surface area contributed by atoms with Crippen molar-refractivity contribution in [3.63, 3.8) is 0 Å². The summed E-state index contributed by atoms with van der Waals surface area (Å²) in [6.07, 6.45) is 0.891. The topological polar surface area (TPSA) is 70.2 Å². The molecule has 0 aliphatic rings. The fourth-order valence-corrected chi connectivity index (χ4v) is 2.44. The van der Waals surface area contributed by atoms with Gasteiger partial charge >= 0.3 is 0 Å². The highest BCUT2D eigenvalue weighted by Gasteiger charge is 2.07. The number of hydrogen-bond acceptors (Lipinski definition) is 3. The molecule has 0 fully saturated rings. The number of carbonyl (C=O) groups is 2. The second-order valence-corrected chi connectivity index (χ2v) is 6.06. The fraction of sp³-hybridized carbons (Fsp3) is 0.300. The lowest BCUT2D eigenvalue weighted by atomic mass is 10.1. The molecule has 0 aliphatic carbocycles. The average molecular weight is 339 g/mol. The predicted molar refractivity (Wildman–Crippen MR) is 102 cm³/mol. The van der Waals surface area contributed by atoms with Gasteiger partial charge in [0.15, 0.2) is 0 Å². The Morgan fingerprint density at radius 2 is 1.84 bits per heavy atom. The monoisotopic (exact) mass is 339 g/mol. The number of benzene rings is 2. The van der Waals surface area contributed by atoms with Crippen molar-refractivity contribution in [2.45, 2.75) is 27.2 Å². The standard InChI is InChI=1S/C20H25N3O2/c1-4-10-21-20(25)16-6-5-7-17(12-16)22-13-19(24)23-18-9-8-14(2)11-15(18)3/h5-9,11-12,22H,4,10,13H2,1-3H3,(H,21,25)(H,23,24). The summed E-state index contributed by atoms with van der Waals surface area (Å²) in [5.74, 6) is -0.238. The second kappa shape index (κ2) is 8.87. The van der Waals surface area contributed by atoms with E-state index in [0.717, 1.165) is 28.9 Å². The van der Waals surface area contributed by atoms with Crippen LogP contribution >= 0.6 is 0 Å². The first-order chi connectivity index (χ1) is 12.0. The number of hydrogen-bond donors (Lipinski definition) is 3. The number of rotatable bonds is 7. The number of aryl methyl sites for hydroxylation is 2. The molecular weight excluding hydrogens is 314 g/mol. The van der Waals surface area contributed by atoms with Gasteiger partial charge in [0, 0.05) is 23.5 Å². The first-order valence-corrected chi connectivity index (χ1v) is 8.49. The molecule has 25 heavy (non-hydrogen) atoms. The number of nitrogens with one attached hydrogen (secondary N) is 3. The van der Waals surface area contributed by atoms with E-state index >= 15 is 0 Å². The average Bonchev–Trinajstić information content (AvgIpc) is 2.60. The normalized spacial score (nSPS) is 10.2. The Kier molecular flexibility index (Phi) is 6.57. The van der Waals surface area contributed by atoms with Gasteiger partial charge in [0.05, 0.1) is 6.54 Å². The highest BCUT2D eigenvalue weighted by molar-refractivity contribution is 5.96. The summed E-state index contributed by atoms with van der Waals surface area (Å²) in [4.78, 5) is 24.1. The minimum absolute atomic E-state index is 0.106. The van der Waals surface area contributed by atoms with Crippen molar-refractivity contribution in [3.05, 3.63) is 59.2 Å². The van der Waals surface area contributed by atoms with Crippen LogP contribution in [0.1, 0.15) is 34.8 Å². The van der Waals surface area contributed by atoms with Crippen LogP contribution in [-0.4, -0.2) is 24.9 Å². The van der Waals surface area contributed by atoms with Crippen LogP contribution in [-0.2, 0) is 4.79 Å². The molecule has 0 bridgehead atoms. The third-order valence-electron chi connectivity index (χ3n) is 3.77. The summed E-state index contributed by atoms with van der Waals surface area (Å²) in [6, 6.07) is 13.0. The van der Waals surface area contributed by atoms with Gasteiger partial charge in [-0.05, 0) is 50.1 Å². The van der Waals surface area contributed by atoms with E-state index in [2.05, 4.69) is 16.0 Å². The molecule has 0 atom stereocenters. The quantitative estimate of drug-likeness (QED) is 0.723. The lowest BCUT2D eigenvalue weighted by Crippen LogP contribution is -2.24. The second-order valence-electron chi connectivity index (χ2n) is 6.06. The number of carbonyl (C=O) groups excluding carboxylic acids is 2. The van der Waals surface area contributed by atoms with Crippen molar-refractivity contribution in [2.24, 2.45) is 0 Å². The van der Waals surface area contributed by atoms with Crippen LogP contribution in [0.3, 0.4) is 0 Å². The van der Waals surface area contributed by atoms with E-state index in [1.54, 1.807) is 18.2 Å².